The minimum atomic E-state index is 0.325. The molecule has 0 aliphatic carbocycles. The van der Waals surface area contributed by atoms with Crippen molar-refractivity contribution in [1.29, 1.82) is 0 Å². The summed E-state index contributed by atoms with van der Waals surface area (Å²) in [5.41, 5.74) is 6.85. The molecule has 3 nitrogen and oxygen atoms in total. The molecular weight excluding hydrogens is 206 g/mol. The number of nitrogens with zero attached hydrogens (tertiary/aromatic N) is 2. The van der Waals surface area contributed by atoms with Gasteiger partial charge in [-0.25, -0.2) is 4.98 Å². The van der Waals surface area contributed by atoms with Crippen LogP contribution in [-0.4, -0.2) is 9.55 Å². The molecule has 0 bridgehead atoms. The van der Waals surface area contributed by atoms with Gasteiger partial charge in [0.2, 0.25) is 5.95 Å². The molecule has 1 unspecified atom stereocenters. The molecule has 2 N–H and O–H groups in total. The van der Waals surface area contributed by atoms with E-state index in [2.05, 4.69) is 34.0 Å². The molecule has 2 rings (SSSR count). The molecule has 0 amide bonds. The van der Waals surface area contributed by atoms with Crippen LogP contribution in [0.2, 0.25) is 0 Å². The fourth-order valence-corrected chi connectivity index (χ4v) is 2.71. The Hall–Kier alpha value is -1.29. The van der Waals surface area contributed by atoms with E-state index in [-0.39, 0.29) is 0 Å². The number of imidazole rings is 1. The largest absolute Gasteiger partial charge is 0.369 e. The van der Waals surface area contributed by atoms with Crippen LogP contribution < -0.4 is 5.73 Å². The Balaban J connectivity index is 2.39. The summed E-state index contributed by atoms with van der Waals surface area (Å²) in [4.78, 5) is 5.57. The average molecular weight is 221 g/mol. The summed E-state index contributed by atoms with van der Waals surface area (Å²) >= 11 is 1.76. The Bertz CT molecular complexity index is 431. The summed E-state index contributed by atoms with van der Waals surface area (Å²) in [5.74, 6) is 0.604. The number of aryl methyl sites for hydroxylation is 1. The van der Waals surface area contributed by atoms with Crippen LogP contribution in [0.1, 0.15) is 30.0 Å². The van der Waals surface area contributed by atoms with E-state index in [0.717, 1.165) is 12.1 Å². The zero-order chi connectivity index (χ0) is 10.8. The standard InChI is InChI=1S/C11H15N3S/c1-3-9(10-5-4-6-15-10)14-7-8(2)13-11(14)12/h4-7,9H,3H2,1-2H3,(H2,12,13). The Morgan fingerprint density at radius 3 is 2.87 bits per heavy atom. The quantitative estimate of drug-likeness (QED) is 0.866. The lowest BCUT2D eigenvalue weighted by Gasteiger charge is -2.16. The second-order valence-corrected chi connectivity index (χ2v) is 4.57. The van der Waals surface area contributed by atoms with E-state index in [1.165, 1.54) is 4.88 Å². The minimum Gasteiger partial charge on any atom is -0.369 e. The van der Waals surface area contributed by atoms with Gasteiger partial charge in [-0.2, -0.15) is 0 Å². The molecule has 4 heteroatoms. The smallest absolute Gasteiger partial charge is 0.200 e. The maximum Gasteiger partial charge on any atom is 0.200 e. The zero-order valence-corrected chi connectivity index (χ0v) is 9.79. The van der Waals surface area contributed by atoms with E-state index >= 15 is 0 Å². The lowest BCUT2D eigenvalue weighted by molar-refractivity contribution is 0.583. The highest BCUT2D eigenvalue weighted by molar-refractivity contribution is 7.10. The molecular formula is C11H15N3S. The van der Waals surface area contributed by atoms with Gasteiger partial charge in [-0.15, -0.1) is 11.3 Å². The Labute approximate surface area is 93.6 Å². The van der Waals surface area contributed by atoms with Crippen molar-refractivity contribution in [2.75, 3.05) is 5.73 Å². The summed E-state index contributed by atoms with van der Waals surface area (Å²) in [5, 5.41) is 2.10. The number of hydrogen-bond donors (Lipinski definition) is 1. The number of aromatic nitrogens is 2. The van der Waals surface area contributed by atoms with Gasteiger partial charge in [0.05, 0.1) is 11.7 Å². The van der Waals surface area contributed by atoms with Crippen molar-refractivity contribution in [2.24, 2.45) is 0 Å². The van der Waals surface area contributed by atoms with Gasteiger partial charge in [0.1, 0.15) is 0 Å². The van der Waals surface area contributed by atoms with Crippen LogP contribution in [-0.2, 0) is 0 Å². The topological polar surface area (TPSA) is 43.8 Å². The predicted molar refractivity (Wildman–Crippen MR) is 64.1 cm³/mol. The molecule has 0 spiro atoms. The molecule has 2 heterocycles. The fraction of sp³-hybridized carbons (Fsp3) is 0.364. The van der Waals surface area contributed by atoms with Crippen LogP contribution in [0, 0.1) is 6.92 Å². The molecule has 0 aliphatic rings. The Morgan fingerprint density at radius 2 is 2.40 bits per heavy atom. The van der Waals surface area contributed by atoms with Gasteiger partial charge in [-0.1, -0.05) is 13.0 Å². The SMILES string of the molecule is CCC(c1cccs1)n1cc(C)nc1N. The van der Waals surface area contributed by atoms with E-state index in [4.69, 9.17) is 5.73 Å². The predicted octanol–water partition coefficient (Wildman–Crippen LogP) is 2.83. The molecule has 0 saturated heterocycles. The number of nitrogens with two attached hydrogens (primary N) is 1. The van der Waals surface area contributed by atoms with Gasteiger partial charge in [0, 0.05) is 11.1 Å². The van der Waals surface area contributed by atoms with E-state index in [0.29, 0.717) is 12.0 Å². The molecule has 80 valence electrons. The molecule has 2 aromatic heterocycles. The lowest BCUT2D eigenvalue weighted by atomic mass is 10.2. The Kier molecular flexibility index (Phi) is 2.77. The summed E-state index contributed by atoms with van der Waals surface area (Å²) in [7, 11) is 0. The number of nitrogen functional groups attached to an aromatic ring is 1. The van der Waals surface area contributed by atoms with Crippen molar-refractivity contribution in [3.63, 3.8) is 0 Å². The van der Waals surface area contributed by atoms with Crippen LogP contribution >= 0.6 is 11.3 Å². The van der Waals surface area contributed by atoms with Crippen LogP contribution in [0.25, 0.3) is 0 Å². The highest BCUT2D eigenvalue weighted by Crippen LogP contribution is 2.28. The molecule has 15 heavy (non-hydrogen) atoms. The van der Waals surface area contributed by atoms with Gasteiger partial charge in [0.15, 0.2) is 0 Å². The highest BCUT2D eigenvalue weighted by atomic mass is 32.1. The average Bonchev–Trinajstić information content (AvgIpc) is 2.79. The highest BCUT2D eigenvalue weighted by Gasteiger charge is 2.15. The molecule has 0 aromatic carbocycles. The maximum atomic E-state index is 5.88. The third-order valence-electron chi connectivity index (χ3n) is 2.48. The van der Waals surface area contributed by atoms with Crippen molar-refractivity contribution in [1.82, 2.24) is 9.55 Å². The van der Waals surface area contributed by atoms with Gasteiger partial charge in [0.25, 0.3) is 0 Å². The second kappa shape index (κ2) is 4.06. The first-order chi connectivity index (χ1) is 7.22. The van der Waals surface area contributed by atoms with E-state index in [1.54, 1.807) is 11.3 Å². The fourth-order valence-electron chi connectivity index (χ4n) is 1.80. The summed E-state index contributed by atoms with van der Waals surface area (Å²) in [6.45, 7) is 4.13. The molecule has 2 aromatic rings. The number of thiophene rings is 1. The van der Waals surface area contributed by atoms with Crippen LogP contribution in [0.3, 0.4) is 0 Å². The van der Waals surface area contributed by atoms with Crippen molar-refractivity contribution in [2.45, 2.75) is 26.3 Å². The van der Waals surface area contributed by atoms with Crippen molar-refractivity contribution in [3.8, 4) is 0 Å². The lowest BCUT2D eigenvalue weighted by Crippen LogP contribution is -2.10. The van der Waals surface area contributed by atoms with Crippen molar-refractivity contribution < 1.29 is 0 Å². The molecule has 1 atom stereocenters. The molecule has 0 aliphatic heterocycles. The van der Waals surface area contributed by atoms with Crippen LogP contribution in [0.5, 0.6) is 0 Å². The second-order valence-electron chi connectivity index (χ2n) is 3.59. The first-order valence-corrected chi connectivity index (χ1v) is 5.94. The minimum absolute atomic E-state index is 0.325. The summed E-state index contributed by atoms with van der Waals surface area (Å²) in [6, 6.07) is 4.54. The zero-order valence-electron chi connectivity index (χ0n) is 8.97. The van der Waals surface area contributed by atoms with Crippen molar-refractivity contribution >= 4 is 17.3 Å². The van der Waals surface area contributed by atoms with E-state index in [9.17, 15) is 0 Å². The Morgan fingerprint density at radius 1 is 1.60 bits per heavy atom. The van der Waals surface area contributed by atoms with E-state index < -0.39 is 0 Å². The first kappa shape index (κ1) is 10.2. The van der Waals surface area contributed by atoms with Crippen LogP contribution in [0.4, 0.5) is 5.95 Å². The third kappa shape index (κ3) is 1.90. The number of anilines is 1. The number of hydrogen-bond acceptors (Lipinski definition) is 3. The summed E-state index contributed by atoms with van der Waals surface area (Å²) in [6.07, 6.45) is 3.05. The summed E-state index contributed by atoms with van der Waals surface area (Å²) < 4.78 is 2.06. The van der Waals surface area contributed by atoms with Crippen molar-refractivity contribution in [3.05, 3.63) is 34.3 Å². The van der Waals surface area contributed by atoms with Gasteiger partial charge in [-0.05, 0) is 24.8 Å². The monoisotopic (exact) mass is 221 g/mol. The van der Waals surface area contributed by atoms with E-state index in [1.807, 2.05) is 13.1 Å². The molecule has 0 fully saturated rings. The molecule has 0 saturated carbocycles. The molecule has 0 radical (unpaired) electrons. The first-order valence-electron chi connectivity index (χ1n) is 5.06. The number of rotatable bonds is 3. The van der Waals surface area contributed by atoms with Crippen LogP contribution in [0.15, 0.2) is 23.7 Å². The maximum absolute atomic E-state index is 5.88. The third-order valence-corrected chi connectivity index (χ3v) is 3.45. The van der Waals surface area contributed by atoms with Gasteiger partial charge in [-0.3, -0.25) is 0 Å². The van der Waals surface area contributed by atoms with Gasteiger partial charge >= 0.3 is 0 Å². The van der Waals surface area contributed by atoms with Gasteiger partial charge < -0.3 is 10.3 Å². The normalized spacial score (nSPS) is 12.9.